The molecule has 0 aliphatic rings. The van der Waals surface area contributed by atoms with Crippen molar-refractivity contribution >= 4 is 34.4 Å². The van der Waals surface area contributed by atoms with E-state index in [1.54, 1.807) is 11.8 Å². The summed E-state index contributed by atoms with van der Waals surface area (Å²) in [7, 11) is 0. The summed E-state index contributed by atoms with van der Waals surface area (Å²) in [5, 5.41) is 0. The molecule has 0 spiro atoms. The Morgan fingerprint density at radius 3 is 2.43 bits per heavy atom. The predicted octanol–water partition coefficient (Wildman–Crippen LogP) is 3.63. The minimum Gasteiger partial charge on any atom is -0.265 e. The maximum atomic E-state index is 11.1. The van der Waals surface area contributed by atoms with Crippen LogP contribution in [0.1, 0.15) is 4.88 Å². The second kappa shape index (κ2) is 4.29. The topological polar surface area (TPSA) is 17.1 Å². The van der Waals surface area contributed by atoms with Crippen LogP contribution in [0.3, 0.4) is 0 Å². The van der Waals surface area contributed by atoms with Crippen LogP contribution >= 0.6 is 34.4 Å². The van der Waals surface area contributed by atoms with Gasteiger partial charge in [0.15, 0.2) is 0 Å². The van der Waals surface area contributed by atoms with Gasteiger partial charge in [0.2, 0.25) is 0 Å². The van der Waals surface area contributed by atoms with Crippen LogP contribution in [0.4, 0.5) is 0 Å². The fourth-order valence-corrected chi connectivity index (χ4v) is 4.44. The monoisotopic (exact) mass is 240 g/mol. The van der Waals surface area contributed by atoms with Crippen molar-refractivity contribution in [1.29, 1.82) is 0 Å². The number of benzene rings is 1. The van der Waals surface area contributed by atoms with E-state index in [9.17, 15) is 4.79 Å². The van der Waals surface area contributed by atoms with Crippen molar-refractivity contribution < 1.29 is 0 Å². The zero-order valence-electron chi connectivity index (χ0n) is 7.52. The SMILES string of the molecule is Cc1sc(=O)sc1Sc1ccccc1. The van der Waals surface area contributed by atoms with Gasteiger partial charge in [-0.05, 0) is 19.1 Å². The van der Waals surface area contributed by atoms with Gasteiger partial charge in [-0.1, -0.05) is 52.6 Å². The van der Waals surface area contributed by atoms with Crippen LogP contribution in [0.2, 0.25) is 0 Å². The highest BCUT2D eigenvalue weighted by Crippen LogP contribution is 2.33. The number of hydrogen-bond donors (Lipinski definition) is 0. The summed E-state index contributed by atoms with van der Waals surface area (Å²) in [4.78, 5) is 13.4. The summed E-state index contributed by atoms with van der Waals surface area (Å²) in [6, 6.07) is 10.1. The molecule has 0 N–H and O–H groups in total. The zero-order valence-corrected chi connectivity index (χ0v) is 9.97. The second-order valence-corrected chi connectivity index (χ2v) is 6.48. The molecule has 1 heterocycles. The van der Waals surface area contributed by atoms with Gasteiger partial charge in [-0.2, -0.15) is 0 Å². The molecule has 0 unspecified atom stereocenters. The Labute approximate surface area is 94.4 Å². The quantitative estimate of drug-likeness (QED) is 0.797. The van der Waals surface area contributed by atoms with Crippen molar-refractivity contribution in [1.82, 2.24) is 0 Å². The van der Waals surface area contributed by atoms with Crippen LogP contribution in [0, 0.1) is 6.92 Å². The molecule has 0 radical (unpaired) electrons. The molecule has 72 valence electrons. The Morgan fingerprint density at radius 1 is 1.14 bits per heavy atom. The largest absolute Gasteiger partial charge is 0.288 e. The third kappa shape index (κ3) is 2.26. The summed E-state index contributed by atoms with van der Waals surface area (Å²) in [5.41, 5.74) is 0. The van der Waals surface area contributed by atoms with Crippen molar-refractivity contribution in [2.75, 3.05) is 0 Å². The first-order valence-corrected chi connectivity index (χ1v) is 6.54. The van der Waals surface area contributed by atoms with Crippen LogP contribution in [0.25, 0.3) is 0 Å². The van der Waals surface area contributed by atoms with Crippen molar-refractivity contribution in [3.8, 4) is 0 Å². The standard InChI is InChI=1S/C10H8OS3/c1-7-9(14-10(11)12-7)13-8-5-3-2-4-6-8/h2-6H,1H3. The van der Waals surface area contributed by atoms with Crippen LogP contribution in [-0.4, -0.2) is 0 Å². The highest BCUT2D eigenvalue weighted by Gasteiger charge is 2.05. The molecule has 1 aromatic heterocycles. The fourth-order valence-electron chi connectivity index (χ4n) is 1.02. The first kappa shape index (κ1) is 9.96. The highest BCUT2D eigenvalue weighted by atomic mass is 32.2. The Balaban J connectivity index is 2.27. The molecule has 0 atom stereocenters. The van der Waals surface area contributed by atoms with Gasteiger partial charge in [0.25, 0.3) is 4.06 Å². The minimum atomic E-state index is 0.181. The van der Waals surface area contributed by atoms with Crippen molar-refractivity contribution in [2.45, 2.75) is 16.0 Å². The molecular formula is C10H8OS3. The Hall–Kier alpha value is -0.580. The molecular weight excluding hydrogens is 232 g/mol. The van der Waals surface area contributed by atoms with E-state index in [1.165, 1.54) is 27.6 Å². The Bertz CT molecular complexity index is 470. The van der Waals surface area contributed by atoms with Crippen LogP contribution in [-0.2, 0) is 0 Å². The van der Waals surface area contributed by atoms with Gasteiger partial charge in [-0.15, -0.1) is 0 Å². The minimum absolute atomic E-state index is 0.181. The Kier molecular flexibility index (Phi) is 3.05. The van der Waals surface area contributed by atoms with Gasteiger partial charge in [-0.25, -0.2) is 0 Å². The molecule has 2 aromatic rings. The lowest BCUT2D eigenvalue weighted by atomic mass is 10.4. The number of rotatable bonds is 2. The van der Waals surface area contributed by atoms with E-state index >= 15 is 0 Å². The van der Waals surface area contributed by atoms with Crippen molar-refractivity contribution in [3.05, 3.63) is 44.1 Å². The first-order valence-electron chi connectivity index (χ1n) is 4.09. The normalized spacial score (nSPS) is 10.4. The van der Waals surface area contributed by atoms with Gasteiger partial charge in [0, 0.05) is 9.77 Å². The average molecular weight is 240 g/mol. The summed E-state index contributed by atoms with van der Waals surface area (Å²) < 4.78 is 1.30. The Morgan fingerprint density at radius 2 is 1.86 bits per heavy atom. The summed E-state index contributed by atoms with van der Waals surface area (Å²) in [5.74, 6) is 0. The number of aryl methyl sites for hydroxylation is 1. The number of hydrogen-bond acceptors (Lipinski definition) is 4. The molecule has 14 heavy (non-hydrogen) atoms. The lowest BCUT2D eigenvalue weighted by Gasteiger charge is -1.97. The van der Waals surface area contributed by atoms with E-state index in [2.05, 4.69) is 12.1 Å². The van der Waals surface area contributed by atoms with Crippen LogP contribution in [0.15, 0.2) is 44.2 Å². The van der Waals surface area contributed by atoms with E-state index in [4.69, 9.17) is 0 Å². The maximum Gasteiger partial charge on any atom is 0.288 e. The second-order valence-electron chi connectivity index (χ2n) is 2.71. The van der Waals surface area contributed by atoms with Crippen molar-refractivity contribution in [2.24, 2.45) is 0 Å². The van der Waals surface area contributed by atoms with E-state index in [-0.39, 0.29) is 4.06 Å². The van der Waals surface area contributed by atoms with Gasteiger partial charge in [0.1, 0.15) is 0 Å². The van der Waals surface area contributed by atoms with Crippen LogP contribution < -0.4 is 4.06 Å². The lowest BCUT2D eigenvalue weighted by molar-refractivity contribution is 1.44. The third-order valence-corrected chi connectivity index (χ3v) is 5.25. The van der Waals surface area contributed by atoms with E-state index in [0.29, 0.717) is 0 Å². The van der Waals surface area contributed by atoms with Gasteiger partial charge < -0.3 is 0 Å². The molecule has 1 nitrogen and oxygen atoms in total. The van der Waals surface area contributed by atoms with E-state index in [1.807, 2.05) is 25.1 Å². The average Bonchev–Trinajstić information content (AvgIpc) is 2.47. The van der Waals surface area contributed by atoms with Crippen molar-refractivity contribution in [3.63, 3.8) is 0 Å². The molecule has 2 rings (SSSR count). The van der Waals surface area contributed by atoms with Crippen LogP contribution in [0.5, 0.6) is 0 Å². The molecule has 0 bridgehead atoms. The summed E-state index contributed by atoms with van der Waals surface area (Å²) in [6.45, 7) is 1.99. The highest BCUT2D eigenvalue weighted by molar-refractivity contribution is 8.01. The summed E-state index contributed by atoms with van der Waals surface area (Å²) >= 11 is 4.33. The summed E-state index contributed by atoms with van der Waals surface area (Å²) in [6.07, 6.45) is 0. The van der Waals surface area contributed by atoms with E-state index < -0.39 is 0 Å². The molecule has 0 saturated heterocycles. The zero-order chi connectivity index (χ0) is 9.97. The van der Waals surface area contributed by atoms with Gasteiger partial charge in [0.05, 0.1) is 4.21 Å². The molecule has 0 saturated carbocycles. The molecule has 0 fully saturated rings. The van der Waals surface area contributed by atoms with Gasteiger partial charge >= 0.3 is 0 Å². The predicted molar refractivity (Wildman–Crippen MR) is 63.8 cm³/mol. The maximum absolute atomic E-state index is 11.1. The molecule has 0 aliphatic carbocycles. The molecule has 1 aromatic carbocycles. The smallest absolute Gasteiger partial charge is 0.265 e. The molecule has 0 aliphatic heterocycles. The first-order chi connectivity index (χ1) is 6.75. The third-order valence-electron chi connectivity index (χ3n) is 1.65. The molecule has 0 amide bonds. The van der Waals surface area contributed by atoms with E-state index in [0.717, 1.165) is 9.09 Å². The lowest BCUT2D eigenvalue weighted by Crippen LogP contribution is -1.74. The fraction of sp³-hybridized carbons (Fsp3) is 0.100. The van der Waals surface area contributed by atoms with Gasteiger partial charge in [-0.3, -0.25) is 4.79 Å². The molecule has 4 heteroatoms.